The zero-order valence-corrected chi connectivity index (χ0v) is 16.6. The van der Waals surface area contributed by atoms with Crippen LogP contribution in [0.15, 0.2) is 6.20 Å². The van der Waals surface area contributed by atoms with Gasteiger partial charge in [0.1, 0.15) is 11.6 Å². The van der Waals surface area contributed by atoms with Crippen molar-refractivity contribution < 1.29 is 0 Å². The van der Waals surface area contributed by atoms with Gasteiger partial charge in [0.15, 0.2) is 5.65 Å². The van der Waals surface area contributed by atoms with E-state index >= 15 is 0 Å². The van der Waals surface area contributed by atoms with Gasteiger partial charge in [-0.05, 0) is 24.7 Å². The van der Waals surface area contributed by atoms with E-state index in [1.54, 1.807) is 0 Å². The molecule has 2 heterocycles. The Hall–Kier alpha value is -1.45. The second-order valence-corrected chi connectivity index (χ2v) is 8.88. The first-order chi connectivity index (χ1) is 12.7. The maximum atomic E-state index is 5.11. The van der Waals surface area contributed by atoms with Crippen LogP contribution in [0.25, 0.3) is 5.65 Å². The summed E-state index contributed by atoms with van der Waals surface area (Å²) in [6.45, 7) is 4.48. The lowest BCUT2D eigenvalue weighted by atomic mass is 9.83. The highest BCUT2D eigenvalue weighted by Gasteiger charge is 2.24. The van der Waals surface area contributed by atoms with Gasteiger partial charge in [-0.3, -0.25) is 0 Å². The van der Waals surface area contributed by atoms with Crippen LogP contribution in [0.3, 0.4) is 0 Å². The molecule has 0 bridgehead atoms. The zero-order chi connectivity index (χ0) is 17.9. The smallest absolute Gasteiger partial charge is 0.162 e. The summed E-state index contributed by atoms with van der Waals surface area (Å²) < 4.78 is 2.05. The molecule has 0 aliphatic heterocycles. The maximum absolute atomic E-state index is 5.11. The van der Waals surface area contributed by atoms with E-state index in [1.807, 2.05) is 10.7 Å². The molecule has 2 fully saturated rings. The van der Waals surface area contributed by atoms with Crippen molar-refractivity contribution in [2.75, 3.05) is 0 Å². The van der Waals surface area contributed by atoms with Gasteiger partial charge in [0.2, 0.25) is 0 Å². The van der Waals surface area contributed by atoms with Gasteiger partial charge < -0.3 is 0 Å². The Morgan fingerprint density at radius 3 is 2.23 bits per heavy atom. The molecule has 0 atom stereocenters. The minimum atomic E-state index is 0.451. The minimum absolute atomic E-state index is 0.451. The highest BCUT2D eigenvalue weighted by molar-refractivity contribution is 5.48. The molecule has 2 aliphatic carbocycles. The second kappa shape index (κ2) is 8.06. The third-order valence-corrected chi connectivity index (χ3v) is 6.52. The number of aromatic nitrogens is 4. The van der Waals surface area contributed by atoms with Gasteiger partial charge in [0, 0.05) is 17.9 Å². The average molecular weight is 355 g/mol. The summed E-state index contributed by atoms with van der Waals surface area (Å²) >= 11 is 0. The van der Waals surface area contributed by atoms with Gasteiger partial charge in [-0.25, -0.2) is 14.5 Å². The Morgan fingerprint density at radius 2 is 1.62 bits per heavy atom. The topological polar surface area (TPSA) is 43.1 Å². The fourth-order valence-corrected chi connectivity index (χ4v) is 4.54. The molecule has 2 aliphatic rings. The highest BCUT2D eigenvalue weighted by Crippen LogP contribution is 2.32. The van der Waals surface area contributed by atoms with Gasteiger partial charge >= 0.3 is 0 Å². The Bertz CT molecular complexity index is 719. The average Bonchev–Trinajstić information content (AvgIpc) is 3.06. The van der Waals surface area contributed by atoms with Crippen LogP contribution in [0.4, 0.5) is 0 Å². The highest BCUT2D eigenvalue weighted by atomic mass is 15.3. The Morgan fingerprint density at radius 1 is 0.923 bits per heavy atom. The summed E-state index contributed by atoms with van der Waals surface area (Å²) in [5.74, 6) is 4.05. The van der Waals surface area contributed by atoms with Crippen LogP contribution >= 0.6 is 0 Å². The maximum Gasteiger partial charge on any atom is 0.162 e. The summed E-state index contributed by atoms with van der Waals surface area (Å²) in [6.07, 6.45) is 17.9. The van der Waals surface area contributed by atoms with Crippen LogP contribution in [0.1, 0.15) is 114 Å². The molecule has 4 heteroatoms. The Kier molecular flexibility index (Phi) is 5.56. The molecule has 142 valence electrons. The summed E-state index contributed by atoms with van der Waals surface area (Å²) in [4.78, 5) is 10.2. The van der Waals surface area contributed by atoms with E-state index in [-0.39, 0.29) is 0 Å². The van der Waals surface area contributed by atoms with Gasteiger partial charge in [0.05, 0.1) is 6.20 Å². The van der Waals surface area contributed by atoms with E-state index in [4.69, 9.17) is 9.97 Å². The lowest BCUT2D eigenvalue weighted by Gasteiger charge is -2.25. The molecular formula is C22H34N4. The summed E-state index contributed by atoms with van der Waals surface area (Å²) in [5, 5.41) is 4.68. The van der Waals surface area contributed by atoms with Crippen molar-refractivity contribution in [3.8, 4) is 0 Å². The van der Waals surface area contributed by atoms with Gasteiger partial charge in [-0.15, -0.1) is 0 Å². The first-order valence-corrected chi connectivity index (χ1v) is 11.0. The molecule has 0 spiro atoms. The summed E-state index contributed by atoms with van der Waals surface area (Å²) in [6, 6.07) is 0. The van der Waals surface area contributed by atoms with Crippen LogP contribution < -0.4 is 0 Å². The van der Waals surface area contributed by atoms with Crippen LogP contribution in [0.5, 0.6) is 0 Å². The minimum Gasteiger partial charge on any atom is -0.218 e. The molecule has 0 amide bonds. The molecule has 0 N–H and O–H groups in total. The normalized spacial score (nSPS) is 20.7. The number of hydrogen-bond acceptors (Lipinski definition) is 3. The lowest BCUT2D eigenvalue weighted by molar-refractivity contribution is 0.306. The van der Waals surface area contributed by atoms with E-state index in [1.165, 1.54) is 76.2 Å². The van der Waals surface area contributed by atoms with Crippen molar-refractivity contribution in [3.05, 3.63) is 23.4 Å². The molecule has 2 saturated carbocycles. The van der Waals surface area contributed by atoms with Crippen LogP contribution in [-0.2, 0) is 6.42 Å². The molecule has 2 aromatic rings. The number of nitrogens with zero attached hydrogens (tertiary/aromatic N) is 4. The molecule has 4 nitrogen and oxygen atoms in total. The largest absolute Gasteiger partial charge is 0.218 e. The van der Waals surface area contributed by atoms with E-state index in [9.17, 15) is 0 Å². The van der Waals surface area contributed by atoms with E-state index < -0.39 is 0 Å². The predicted octanol–water partition coefficient (Wildman–Crippen LogP) is 5.81. The van der Waals surface area contributed by atoms with Crippen LogP contribution in [0.2, 0.25) is 0 Å². The third kappa shape index (κ3) is 3.79. The second-order valence-electron chi connectivity index (χ2n) is 8.88. The fourth-order valence-electron chi connectivity index (χ4n) is 4.54. The van der Waals surface area contributed by atoms with Crippen LogP contribution in [0, 0.1) is 5.92 Å². The fraction of sp³-hybridized carbons (Fsp3) is 0.773. The molecule has 0 aromatic carbocycles. The van der Waals surface area contributed by atoms with Crippen molar-refractivity contribution in [2.45, 2.75) is 103 Å². The zero-order valence-electron chi connectivity index (χ0n) is 16.6. The molecule has 0 radical (unpaired) electrons. The SMILES string of the molecule is CC(C)c1cnn2c(CC3CCC3)nc(C3CCCCCCCC3)nc12. The van der Waals surface area contributed by atoms with Crippen molar-refractivity contribution in [2.24, 2.45) is 5.92 Å². The number of fused-ring (bicyclic) bond motifs is 1. The first-order valence-electron chi connectivity index (χ1n) is 11.0. The van der Waals surface area contributed by atoms with Gasteiger partial charge in [-0.2, -0.15) is 5.10 Å². The van der Waals surface area contributed by atoms with Gasteiger partial charge in [-0.1, -0.05) is 71.6 Å². The molecule has 2 aromatic heterocycles. The molecule has 4 rings (SSSR count). The van der Waals surface area contributed by atoms with E-state index in [0.29, 0.717) is 11.8 Å². The van der Waals surface area contributed by atoms with E-state index in [0.717, 1.165) is 29.6 Å². The molecular weight excluding hydrogens is 320 g/mol. The quantitative estimate of drug-likeness (QED) is 0.696. The Balaban J connectivity index is 1.70. The first kappa shape index (κ1) is 17.9. The number of hydrogen-bond donors (Lipinski definition) is 0. The monoisotopic (exact) mass is 354 g/mol. The van der Waals surface area contributed by atoms with Crippen molar-refractivity contribution in [1.82, 2.24) is 19.6 Å². The van der Waals surface area contributed by atoms with Crippen molar-refractivity contribution in [3.63, 3.8) is 0 Å². The predicted molar refractivity (Wildman–Crippen MR) is 106 cm³/mol. The van der Waals surface area contributed by atoms with Crippen molar-refractivity contribution in [1.29, 1.82) is 0 Å². The third-order valence-electron chi connectivity index (χ3n) is 6.52. The molecule has 0 saturated heterocycles. The van der Waals surface area contributed by atoms with Crippen LogP contribution in [-0.4, -0.2) is 19.6 Å². The van der Waals surface area contributed by atoms with Gasteiger partial charge in [0.25, 0.3) is 0 Å². The summed E-state index contributed by atoms with van der Waals surface area (Å²) in [5.41, 5.74) is 2.34. The Labute approximate surface area is 157 Å². The summed E-state index contributed by atoms with van der Waals surface area (Å²) in [7, 11) is 0. The van der Waals surface area contributed by atoms with E-state index in [2.05, 4.69) is 18.9 Å². The molecule has 0 unspecified atom stereocenters. The molecule has 26 heavy (non-hydrogen) atoms. The lowest BCUT2D eigenvalue weighted by Crippen LogP contribution is -2.19. The standard InChI is InChI=1S/C22H34N4/c1-16(2)19-15-23-26-20(14-17-10-9-11-17)24-21(25-22(19)26)18-12-7-5-3-4-6-8-13-18/h15-18H,3-14H2,1-2H3. The van der Waals surface area contributed by atoms with Crippen molar-refractivity contribution >= 4 is 5.65 Å². The number of rotatable bonds is 4.